The zero-order valence-electron chi connectivity index (χ0n) is 11.0. The molecule has 17 heavy (non-hydrogen) atoms. The van der Waals surface area contributed by atoms with Crippen LogP contribution in [0.3, 0.4) is 0 Å². The molecule has 88 valence electrons. The van der Waals surface area contributed by atoms with E-state index in [0.29, 0.717) is 5.92 Å². The first kappa shape index (κ1) is 11.9. The maximum atomic E-state index is 4.00. The lowest BCUT2D eigenvalue weighted by Crippen LogP contribution is -2.02. The maximum absolute atomic E-state index is 4.00. The minimum Gasteiger partial charge on any atom is -0.102 e. The van der Waals surface area contributed by atoms with Gasteiger partial charge in [0.15, 0.2) is 0 Å². The van der Waals surface area contributed by atoms with Crippen molar-refractivity contribution >= 4 is 0 Å². The monoisotopic (exact) mass is 224 g/mol. The van der Waals surface area contributed by atoms with E-state index >= 15 is 0 Å². The number of hydrogen-bond acceptors (Lipinski definition) is 0. The molecule has 2 rings (SSSR count). The van der Waals surface area contributed by atoms with Gasteiger partial charge in [-0.3, -0.25) is 0 Å². The summed E-state index contributed by atoms with van der Waals surface area (Å²) in [6, 6.07) is 0. The van der Waals surface area contributed by atoms with Gasteiger partial charge in [-0.25, -0.2) is 0 Å². The Hall–Kier alpha value is -1.56. The molecule has 0 aliphatic heterocycles. The molecule has 0 saturated carbocycles. The molecule has 0 aromatic heterocycles. The Morgan fingerprint density at radius 1 is 1.24 bits per heavy atom. The van der Waals surface area contributed by atoms with Crippen molar-refractivity contribution in [2.45, 2.75) is 27.2 Å². The molecule has 2 aliphatic rings. The summed E-state index contributed by atoms with van der Waals surface area (Å²) in [7, 11) is 0. The molecule has 0 amide bonds. The molecule has 1 unspecified atom stereocenters. The molecule has 1 atom stereocenters. The van der Waals surface area contributed by atoms with Crippen LogP contribution < -0.4 is 0 Å². The van der Waals surface area contributed by atoms with E-state index in [4.69, 9.17) is 0 Å². The predicted octanol–water partition coefficient (Wildman–Crippen LogP) is 4.90. The smallest absolute Gasteiger partial charge is 0.0237 e. The highest BCUT2D eigenvalue weighted by molar-refractivity contribution is 5.62. The zero-order valence-corrected chi connectivity index (χ0v) is 11.0. The Bertz CT molecular complexity index is 490. The Labute approximate surface area is 104 Å². The Morgan fingerprint density at radius 3 is 2.65 bits per heavy atom. The van der Waals surface area contributed by atoms with E-state index in [-0.39, 0.29) is 0 Å². The molecule has 2 aliphatic carbocycles. The quantitative estimate of drug-likeness (QED) is 0.585. The van der Waals surface area contributed by atoms with Gasteiger partial charge in [0.2, 0.25) is 0 Å². The van der Waals surface area contributed by atoms with E-state index in [9.17, 15) is 0 Å². The average molecular weight is 224 g/mol. The van der Waals surface area contributed by atoms with Crippen molar-refractivity contribution in [2.75, 3.05) is 0 Å². The van der Waals surface area contributed by atoms with E-state index in [0.717, 1.165) is 6.42 Å². The van der Waals surface area contributed by atoms with Gasteiger partial charge in [-0.05, 0) is 42.6 Å². The van der Waals surface area contributed by atoms with Gasteiger partial charge in [0.25, 0.3) is 0 Å². The predicted molar refractivity (Wildman–Crippen MR) is 75.7 cm³/mol. The van der Waals surface area contributed by atoms with Gasteiger partial charge in [-0.15, -0.1) is 6.58 Å². The summed E-state index contributed by atoms with van der Waals surface area (Å²) in [5.41, 5.74) is 7.14. The Morgan fingerprint density at radius 2 is 2.00 bits per heavy atom. The molecular weight excluding hydrogens is 204 g/mol. The molecule has 0 N–H and O–H groups in total. The lowest BCUT2D eigenvalue weighted by molar-refractivity contribution is 0.897. The summed E-state index contributed by atoms with van der Waals surface area (Å²) >= 11 is 0. The molecule has 0 nitrogen and oxygen atoms in total. The van der Waals surface area contributed by atoms with Crippen LogP contribution >= 0.6 is 0 Å². The molecule has 0 aromatic rings. The zero-order chi connectivity index (χ0) is 12.4. The van der Waals surface area contributed by atoms with E-state index in [1.54, 1.807) is 0 Å². The summed E-state index contributed by atoms with van der Waals surface area (Å²) in [4.78, 5) is 0. The third-order valence-corrected chi connectivity index (χ3v) is 3.81. The van der Waals surface area contributed by atoms with Crippen molar-refractivity contribution < 1.29 is 0 Å². The van der Waals surface area contributed by atoms with Crippen molar-refractivity contribution in [1.29, 1.82) is 0 Å². The van der Waals surface area contributed by atoms with Crippen molar-refractivity contribution in [3.05, 3.63) is 70.9 Å². The van der Waals surface area contributed by atoms with Gasteiger partial charge in [-0.1, -0.05) is 49.0 Å². The third-order valence-electron chi connectivity index (χ3n) is 3.81. The van der Waals surface area contributed by atoms with Crippen molar-refractivity contribution in [3.8, 4) is 0 Å². The third kappa shape index (κ3) is 1.88. The fourth-order valence-electron chi connectivity index (χ4n) is 2.70. The van der Waals surface area contributed by atoms with Crippen molar-refractivity contribution in [1.82, 2.24) is 0 Å². The molecule has 0 heterocycles. The second-order valence-electron chi connectivity index (χ2n) is 4.64. The molecule has 0 fully saturated rings. The van der Waals surface area contributed by atoms with E-state index in [2.05, 4.69) is 63.8 Å². The first-order valence-corrected chi connectivity index (χ1v) is 6.29. The molecule has 0 saturated heterocycles. The SMILES string of the molecule is C=CC1C(C)=C(C)C2=C1C(CC)=CC=CC=C2. The van der Waals surface area contributed by atoms with E-state index in [1.165, 1.54) is 27.9 Å². The van der Waals surface area contributed by atoms with E-state index < -0.39 is 0 Å². The second-order valence-corrected chi connectivity index (χ2v) is 4.64. The number of allylic oxidation sites excluding steroid dienone is 11. The highest BCUT2D eigenvalue weighted by Crippen LogP contribution is 2.43. The molecule has 0 aromatic carbocycles. The standard InChI is InChI=1S/C17H20/c1-5-14-10-8-7-9-11-16-13(4)12(3)15(6-2)17(14)16/h6-11,15H,2,5H2,1,3-4H3. The first-order chi connectivity index (χ1) is 8.20. The van der Waals surface area contributed by atoms with Gasteiger partial charge in [0.1, 0.15) is 0 Å². The Balaban J connectivity index is 2.62. The highest BCUT2D eigenvalue weighted by atomic mass is 14.3. The van der Waals surface area contributed by atoms with Crippen LogP contribution in [0.4, 0.5) is 0 Å². The average Bonchev–Trinajstić information content (AvgIpc) is 2.53. The van der Waals surface area contributed by atoms with Crippen LogP contribution in [0.5, 0.6) is 0 Å². The van der Waals surface area contributed by atoms with Crippen LogP contribution in [0.2, 0.25) is 0 Å². The van der Waals surface area contributed by atoms with Crippen LogP contribution in [-0.2, 0) is 0 Å². The number of rotatable bonds is 2. The van der Waals surface area contributed by atoms with Gasteiger partial charge < -0.3 is 0 Å². The fraction of sp³-hybridized carbons (Fsp3) is 0.294. The van der Waals surface area contributed by atoms with Crippen LogP contribution in [0, 0.1) is 5.92 Å². The van der Waals surface area contributed by atoms with Gasteiger partial charge in [0.05, 0.1) is 0 Å². The minimum absolute atomic E-state index is 0.396. The molecule has 0 bridgehead atoms. The van der Waals surface area contributed by atoms with Gasteiger partial charge in [-0.2, -0.15) is 0 Å². The normalized spacial score (nSPS) is 23.5. The van der Waals surface area contributed by atoms with Crippen molar-refractivity contribution in [2.24, 2.45) is 5.92 Å². The molecular formula is C17H20. The molecule has 0 spiro atoms. The maximum Gasteiger partial charge on any atom is 0.0237 e. The summed E-state index contributed by atoms with van der Waals surface area (Å²) < 4.78 is 0. The van der Waals surface area contributed by atoms with Crippen LogP contribution in [0.15, 0.2) is 70.9 Å². The van der Waals surface area contributed by atoms with Crippen LogP contribution in [0.25, 0.3) is 0 Å². The summed E-state index contributed by atoms with van der Waals surface area (Å²) in [6.45, 7) is 10.7. The highest BCUT2D eigenvalue weighted by Gasteiger charge is 2.27. The van der Waals surface area contributed by atoms with E-state index in [1.807, 2.05) is 0 Å². The topological polar surface area (TPSA) is 0 Å². The number of hydrogen-bond donors (Lipinski definition) is 0. The first-order valence-electron chi connectivity index (χ1n) is 6.29. The fourth-order valence-corrected chi connectivity index (χ4v) is 2.70. The van der Waals surface area contributed by atoms with Gasteiger partial charge in [0, 0.05) is 5.92 Å². The second kappa shape index (κ2) is 4.75. The Kier molecular flexibility index (Phi) is 3.33. The summed E-state index contributed by atoms with van der Waals surface area (Å²) in [5.74, 6) is 0.396. The minimum atomic E-state index is 0.396. The summed E-state index contributed by atoms with van der Waals surface area (Å²) in [5, 5.41) is 0. The van der Waals surface area contributed by atoms with Gasteiger partial charge >= 0.3 is 0 Å². The van der Waals surface area contributed by atoms with Crippen LogP contribution in [-0.4, -0.2) is 0 Å². The largest absolute Gasteiger partial charge is 0.102 e. The van der Waals surface area contributed by atoms with Crippen molar-refractivity contribution in [3.63, 3.8) is 0 Å². The van der Waals surface area contributed by atoms with Crippen LogP contribution in [0.1, 0.15) is 27.2 Å². The molecule has 0 radical (unpaired) electrons. The summed E-state index contributed by atoms with van der Waals surface area (Å²) in [6.07, 6.45) is 14.0. The molecule has 0 heteroatoms. The lowest BCUT2D eigenvalue weighted by Gasteiger charge is -2.16. The lowest BCUT2D eigenvalue weighted by atomic mass is 9.88.